The van der Waals surface area contributed by atoms with Gasteiger partial charge < -0.3 is 9.80 Å². The highest BCUT2D eigenvalue weighted by molar-refractivity contribution is 4.76. The van der Waals surface area contributed by atoms with E-state index in [1.807, 2.05) is 0 Å². The first kappa shape index (κ1) is 19.0. The molecule has 0 unspecified atom stereocenters. The molecule has 0 saturated carbocycles. The van der Waals surface area contributed by atoms with Crippen LogP contribution in [0.4, 0.5) is 0 Å². The van der Waals surface area contributed by atoms with Crippen LogP contribution in [0, 0.1) is 5.41 Å². The quantitative estimate of drug-likeness (QED) is 0.535. The second-order valence-corrected chi connectivity index (χ2v) is 8.15. The molecule has 0 aromatic rings. The van der Waals surface area contributed by atoms with Crippen molar-refractivity contribution in [2.75, 3.05) is 39.3 Å². The number of unbranched alkanes of at least 4 members (excludes halogenated alkanes) is 7. The minimum atomic E-state index is 0.444. The summed E-state index contributed by atoms with van der Waals surface area (Å²) in [7, 11) is 0. The molecule has 1 aliphatic rings. The van der Waals surface area contributed by atoms with Gasteiger partial charge in [-0.3, -0.25) is 0 Å². The van der Waals surface area contributed by atoms with Crippen LogP contribution in [0.1, 0.15) is 79.1 Å². The maximum atomic E-state index is 2.68. The predicted octanol–water partition coefficient (Wildman–Crippen LogP) is 4.79. The maximum absolute atomic E-state index is 2.68. The smallest absolute Gasteiger partial charge is 0.0110 e. The highest BCUT2D eigenvalue weighted by Crippen LogP contribution is 2.16. The van der Waals surface area contributed by atoms with Gasteiger partial charge in [0.15, 0.2) is 0 Å². The van der Waals surface area contributed by atoms with E-state index in [0.29, 0.717) is 5.41 Å². The number of rotatable bonds is 10. The summed E-state index contributed by atoms with van der Waals surface area (Å²) in [5, 5.41) is 0. The van der Waals surface area contributed by atoms with E-state index in [1.54, 1.807) is 0 Å². The third-order valence-corrected chi connectivity index (χ3v) is 4.49. The number of hydrogen-bond acceptors (Lipinski definition) is 2. The van der Waals surface area contributed by atoms with Crippen LogP contribution in [0.25, 0.3) is 0 Å². The van der Waals surface area contributed by atoms with E-state index in [9.17, 15) is 0 Å². The van der Waals surface area contributed by atoms with Crippen molar-refractivity contribution in [3.05, 3.63) is 0 Å². The van der Waals surface area contributed by atoms with Crippen LogP contribution >= 0.6 is 0 Å². The van der Waals surface area contributed by atoms with Crippen LogP contribution in [0.2, 0.25) is 0 Å². The Morgan fingerprint density at radius 2 is 1.14 bits per heavy atom. The van der Waals surface area contributed by atoms with E-state index in [4.69, 9.17) is 0 Å². The van der Waals surface area contributed by atoms with E-state index >= 15 is 0 Å². The van der Waals surface area contributed by atoms with Crippen molar-refractivity contribution in [3.8, 4) is 0 Å². The average molecular weight is 297 g/mol. The summed E-state index contributed by atoms with van der Waals surface area (Å²) < 4.78 is 0. The highest BCUT2D eigenvalue weighted by Gasteiger charge is 2.20. The number of hydrogen-bond donors (Lipinski definition) is 0. The monoisotopic (exact) mass is 296 g/mol. The van der Waals surface area contributed by atoms with Gasteiger partial charge >= 0.3 is 0 Å². The Kier molecular flexibility index (Phi) is 9.59. The van der Waals surface area contributed by atoms with Gasteiger partial charge in [0.2, 0.25) is 0 Å². The molecule has 1 heterocycles. The molecule has 1 saturated heterocycles. The molecule has 1 rings (SSSR count). The van der Waals surface area contributed by atoms with E-state index in [1.165, 1.54) is 90.6 Å². The molecule has 0 N–H and O–H groups in total. The van der Waals surface area contributed by atoms with Crippen molar-refractivity contribution in [2.45, 2.75) is 79.1 Å². The first-order valence-electron chi connectivity index (χ1n) is 9.46. The van der Waals surface area contributed by atoms with Gasteiger partial charge in [0, 0.05) is 32.7 Å². The molecule has 0 spiro atoms. The van der Waals surface area contributed by atoms with Crippen molar-refractivity contribution in [1.82, 2.24) is 9.80 Å². The molecule has 126 valence electrons. The molecule has 0 aromatic heterocycles. The number of nitrogens with zero attached hydrogens (tertiary/aromatic N) is 2. The van der Waals surface area contributed by atoms with Crippen LogP contribution in [-0.2, 0) is 0 Å². The summed E-state index contributed by atoms with van der Waals surface area (Å²) in [4.78, 5) is 5.32. The third kappa shape index (κ3) is 10.3. The van der Waals surface area contributed by atoms with Gasteiger partial charge in [-0.1, -0.05) is 72.6 Å². The Morgan fingerprint density at radius 1 is 0.667 bits per heavy atom. The summed E-state index contributed by atoms with van der Waals surface area (Å²) in [5.41, 5.74) is 0.444. The minimum absolute atomic E-state index is 0.444. The van der Waals surface area contributed by atoms with E-state index < -0.39 is 0 Å². The van der Waals surface area contributed by atoms with E-state index in [0.717, 1.165) is 0 Å². The molecule has 0 aromatic carbocycles. The second kappa shape index (κ2) is 10.6. The molecule has 0 bridgehead atoms. The Morgan fingerprint density at radius 3 is 1.67 bits per heavy atom. The maximum Gasteiger partial charge on any atom is 0.0110 e. The van der Waals surface area contributed by atoms with Gasteiger partial charge in [0.1, 0.15) is 0 Å². The minimum Gasteiger partial charge on any atom is -0.301 e. The van der Waals surface area contributed by atoms with Crippen molar-refractivity contribution in [3.63, 3.8) is 0 Å². The highest BCUT2D eigenvalue weighted by atomic mass is 15.3. The topological polar surface area (TPSA) is 6.48 Å². The zero-order valence-electron chi connectivity index (χ0n) is 15.3. The molecule has 0 amide bonds. The summed E-state index contributed by atoms with van der Waals surface area (Å²) in [6.07, 6.45) is 11.5. The van der Waals surface area contributed by atoms with Crippen molar-refractivity contribution in [2.24, 2.45) is 5.41 Å². The lowest BCUT2D eigenvalue weighted by Gasteiger charge is -2.37. The SMILES string of the molecule is CCCCCCCCCCN1CCN(CC(C)(C)C)CC1. The zero-order valence-corrected chi connectivity index (χ0v) is 15.3. The van der Waals surface area contributed by atoms with Crippen LogP contribution in [-0.4, -0.2) is 49.1 Å². The molecular formula is C19H40N2. The van der Waals surface area contributed by atoms with Crippen LogP contribution in [0.5, 0.6) is 0 Å². The van der Waals surface area contributed by atoms with E-state index in [2.05, 4.69) is 37.5 Å². The summed E-state index contributed by atoms with van der Waals surface area (Å²) in [6, 6.07) is 0. The Balaban J connectivity index is 1.94. The Hall–Kier alpha value is -0.0800. The normalized spacial score (nSPS) is 18.3. The van der Waals surface area contributed by atoms with Crippen molar-refractivity contribution >= 4 is 0 Å². The fraction of sp³-hybridized carbons (Fsp3) is 1.00. The Bertz CT molecular complexity index is 236. The lowest BCUT2D eigenvalue weighted by atomic mass is 9.96. The summed E-state index contributed by atoms with van der Waals surface area (Å²) in [5.74, 6) is 0. The molecule has 0 atom stereocenters. The fourth-order valence-electron chi connectivity index (χ4n) is 3.31. The molecule has 1 fully saturated rings. The zero-order chi connectivity index (χ0) is 15.6. The van der Waals surface area contributed by atoms with Crippen molar-refractivity contribution < 1.29 is 0 Å². The molecule has 1 aliphatic heterocycles. The van der Waals surface area contributed by atoms with Gasteiger partial charge in [-0.25, -0.2) is 0 Å². The fourth-order valence-corrected chi connectivity index (χ4v) is 3.31. The first-order chi connectivity index (χ1) is 10.0. The molecule has 0 radical (unpaired) electrons. The van der Waals surface area contributed by atoms with Gasteiger partial charge in [0.25, 0.3) is 0 Å². The molecule has 2 nitrogen and oxygen atoms in total. The van der Waals surface area contributed by atoms with Crippen LogP contribution in [0.3, 0.4) is 0 Å². The number of piperazine rings is 1. The lowest BCUT2D eigenvalue weighted by Crippen LogP contribution is -2.48. The van der Waals surface area contributed by atoms with Gasteiger partial charge in [-0.15, -0.1) is 0 Å². The van der Waals surface area contributed by atoms with Crippen LogP contribution in [0.15, 0.2) is 0 Å². The molecule has 0 aliphatic carbocycles. The third-order valence-electron chi connectivity index (χ3n) is 4.49. The first-order valence-corrected chi connectivity index (χ1v) is 9.46. The largest absolute Gasteiger partial charge is 0.301 e. The standard InChI is InChI=1S/C19H40N2/c1-5-6-7-8-9-10-11-12-13-20-14-16-21(17-15-20)18-19(2,3)4/h5-18H2,1-4H3. The Labute approximate surface area is 134 Å². The van der Waals surface area contributed by atoms with Crippen LogP contribution < -0.4 is 0 Å². The van der Waals surface area contributed by atoms with Gasteiger partial charge in [-0.2, -0.15) is 0 Å². The van der Waals surface area contributed by atoms with E-state index in [-0.39, 0.29) is 0 Å². The molecule has 21 heavy (non-hydrogen) atoms. The molecular weight excluding hydrogens is 256 g/mol. The summed E-state index contributed by atoms with van der Waals surface area (Å²) in [6.45, 7) is 17.0. The second-order valence-electron chi connectivity index (χ2n) is 8.15. The van der Waals surface area contributed by atoms with Gasteiger partial charge in [0.05, 0.1) is 0 Å². The summed E-state index contributed by atoms with van der Waals surface area (Å²) >= 11 is 0. The van der Waals surface area contributed by atoms with Crippen molar-refractivity contribution in [1.29, 1.82) is 0 Å². The molecule has 2 heteroatoms. The average Bonchev–Trinajstić information content (AvgIpc) is 2.42. The predicted molar refractivity (Wildman–Crippen MR) is 94.9 cm³/mol. The lowest BCUT2D eigenvalue weighted by molar-refractivity contribution is 0.101. The van der Waals surface area contributed by atoms with Gasteiger partial charge in [-0.05, 0) is 18.4 Å².